The molecule has 1 atom stereocenters. The lowest BCUT2D eigenvalue weighted by atomic mass is 10.1. The van der Waals surface area contributed by atoms with E-state index in [0.717, 1.165) is 45.7 Å². The van der Waals surface area contributed by atoms with Crippen LogP contribution in [0.15, 0.2) is 12.4 Å². The molecular weight excluding hydrogens is 292 g/mol. The van der Waals surface area contributed by atoms with E-state index in [1.54, 1.807) is 6.20 Å². The van der Waals surface area contributed by atoms with E-state index in [1.807, 2.05) is 0 Å². The third-order valence-electron chi connectivity index (χ3n) is 4.97. The molecule has 2 aliphatic heterocycles. The third-order valence-corrected chi connectivity index (χ3v) is 4.97. The molecule has 2 aliphatic rings. The number of carbonyl (C=O) groups is 1. The molecule has 1 aromatic rings. The lowest BCUT2D eigenvalue weighted by Gasteiger charge is -2.39. The van der Waals surface area contributed by atoms with Gasteiger partial charge >= 0.3 is 0 Å². The zero-order valence-electron chi connectivity index (χ0n) is 14.0. The number of carbonyl (C=O) groups excluding carboxylic acids is 1. The number of rotatable bonds is 4. The Hall–Kier alpha value is -1.73. The molecule has 0 aromatic carbocycles. The molecule has 23 heavy (non-hydrogen) atoms. The number of aromatic nitrogens is 2. The van der Waals surface area contributed by atoms with Gasteiger partial charge in [-0.25, -0.2) is 9.97 Å². The highest BCUT2D eigenvalue weighted by Crippen LogP contribution is 2.24. The quantitative estimate of drug-likeness (QED) is 0.853. The highest BCUT2D eigenvalue weighted by Gasteiger charge is 2.32. The first-order chi connectivity index (χ1) is 11.1. The summed E-state index contributed by atoms with van der Waals surface area (Å²) in [6.07, 6.45) is 4.23. The van der Waals surface area contributed by atoms with Crippen LogP contribution in [0.2, 0.25) is 0 Å². The molecule has 1 unspecified atom stereocenters. The maximum Gasteiger partial charge on any atom is 0.271 e. The molecule has 2 saturated heterocycles. The number of nitrogens with zero attached hydrogens (tertiary/aromatic N) is 5. The molecule has 0 radical (unpaired) electrons. The van der Waals surface area contributed by atoms with E-state index in [4.69, 9.17) is 5.73 Å². The number of anilines is 1. The molecule has 2 N–H and O–H groups in total. The number of piperazine rings is 1. The summed E-state index contributed by atoms with van der Waals surface area (Å²) in [4.78, 5) is 27.2. The van der Waals surface area contributed by atoms with Crippen LogP contribution in [0.4, 0.5) is 5.82 Å². The molecule has 0 saturated carbocycles. The average molecular weight is 318 g/mol. The van der Waals surface area contributed by atoms with Crippen LogP contribution in [-0.4, -0.2) is 77.0 Å². The summed E-state index contributed by atoms with van der Waals surface area (Å²) in [7, 11) is 0. The Balaban J connectivity index is 1.62. The smallest absolute Gasteiger partial charge is 0.271 e. The van der Waals surface area contributed by atoms with Crippen molar-refractivity contribution >= 4 is 11.7 Å². The van der Waals surface area contributed by atoms with E-state index in [2.05, 4.69) is 38.5 Å². The Morgan fingerprint density at radius 2 is 1.87 bits per heavy atom. The van der Waals surface area contributed by atoms with Crippen molar-refractivity contribution in [3.05, 3.63) is 18.1 Å². The number of amides is 1. The molecule has 1 aromatic heterocycles. The summed E-state index contributed by atoms with van der Waals surface area (Å²) in [5.41, 5.74) is 5.69. The standard InChI is InChI=1S/C16H26N6O/c1-12(2)20-7-9-21(10-8-20)13-3-6-22(11-13)16-14(15(17)23)18-4-5-19-16/h4-5,12-13H,3,6-11H2,1-2H3,(H2,17,23). The topological polar surface area (TPSA) is 78.6 Å². The highest BCUT2D eigenvalue weighted by molar-refractivity contribution is 5.95. The number of hydrogen-bond acceptors (Lipinski definition) is 6. The molecule has 2 fully saturated rings. The minimum absolute atomic E-state index is 0.276. The summed E-state index contributed by atoms with van der Waals surface area (Å²) in [6.45, 7) is 10.8. The molecule has 3 rings (SSSR count). The van der Waals surface area contributed by atoms with Gasteiger partial charge in [0.1, 0.15) is 0 Å². The Morgan fingerprint density at radius 3 is 2.52 bits per heavy atom. The van der Waals surface area contributed by atoms with Crippen LogP contribution in [0.3, 0.4) is 0 Å². The van der Waals surface area contributed by atoms with E-state index in [0.29, 0.717) is 17.9 Å². The molecule has 0 aliphatic carbocycles. The van der Waals surface area contributed by atoms with Crippen LogP contribution in [0.1, 0.15) is 30.8 Å². The fourth-order valence-electron chi connectivity index (χ4n) is 3.59. The van der Waals surface area contributed by atoms with E-state index in [-0.39, 0.29) is 5.69 Å². The maximum absolute atomic E-state index is 11.5. The number of hydrogen-bond donors (Lipinski definition) is 1. The van der Waals surface area contributed by atoms with Crippen LogP contribution < -0.4 is 10.6 Å². The van der Waals surface area contributed by atoms with Gasteiger partial charge in [0.2, 0.25) is 0 Å². The van der Waals surface area contributed by atoms with Gasteiger partial charge in [0, 0.05) is 63.7 Å². The van der Waals surface area contributed by atoms with Crippen molar-refractivity contribution in [2.45, 2.75) is 32.4 Å². The summed E-state index contributed by atoms with van der Waals surface area (Å²) >= 11 is 0. The van der Waals surface area contributed by atoms with Crippen molar-refractivity contribution in [3.8, 4) is 0 Å². The molecular formula is C16H26N6O. The van der Waals surface area contributed by atoms with Gasteiger partial charge in [-0.15, -0.1) is 0 Å². The molecule has 0 spiro atoms. The zero-order chi connectivity index (χ0) is 16.4. The monoisotopic (exact) mass is 318 g/mol. The molecule has 7 nitrogen and oxygen atoms in total. The van der Waals surface area contributed by atoms with Crippen molar-refractivity contribution in [2.75, 3.05) is 44.2 Å². The van der Waals surface area contributed by atoms with E-state index < -0.39 is 5.91 Å². The van der Waals surface area contributed by atoms with Crippen LogP contribution in [0.25, 0.3) is 0 Å². The van der Waals surface area contributed by atoms with Gasteiger partial charge < -0.3 is 10.6 Å². The minimum atomic E-state index is -0.512. The molecule has 3 heterocycles. The second kappa shape index (κ2) is 6.80. The first-order valence-electron chi connectivity index (χ1n) is 8.40. The van der Waals surface area contributed by atoms with Crippen molar-refractivity contribution < 1.29 is 4.79 Å². The fourth-order valence-corrected chi connectivity index (χ4v) is 3.59. The van der Waals surface area contributed by atoms with Crippen molar-refractivity contribution in [2.24, 2.45) is 5.73 Å². The van der Waals surface area contributed by atoms with E-state index >= 15 is 0 Å². The predicted octanol–water partition coefficient (Wildman–Crippen LogP) is 0.180. The first-order valence-corrected chi connectivity index (χ1v) is 8.40. The predicted molar refractivity (Wildman–Crippen MR) is 89.4 cm³/mol. The number of primary amides is 1. The van der Waals surface area contributed by atoms with Crippen LogP contribution in [-0.2, 0) is 0 Å². The van der Waals surface area contributed by atoms with Gasteiger partial charge in [-0.2, -0.15) is 0 Å². The van der Waals surface area contributed by atoms with Gasteiger partial charge in [0.15, 0.2) is 11.5 Å². The van der Waals surface area contributed by atoms with Gasteiger partial charge in [-0.3, -0.25) is 14.6 Å². The van der Waals surface area contributed by atoms with Gasteiger partial charge in [-0.05, 0) is 20.3 Å². The van der Waals surface area contributed by atoms with Gasteiger partial charge in [0.05, 0.1) is 0 Å². The maximum atomic E-state index is 11.5. The molecule has 0 bridgehead atoms. The second-order valence-corrected chi connectivity index (χ2v) is 6.65. The molecule has 7 heteroatoms. The molecule has 1 amide bonds. The lowest BCUT2D eigenvalue weighted by Crippen LogP contribution is -2.52. The summed E-state index contributed by atoms with van der Waals surface area (Å²) in [6, 6.07) is 1.14. The Kier molecular flexibility index (Phi) is 4.77. The Labute approximate surface area is 137 Å². The average Bonchev–Trinajstić information content (AvgIpc) is 3.04. The van der Waals surface area contributed by atoms with E-state index in [1.165, 1.54) is 6.20 Å². The second-order valence-electron chi connectivity index (χ2n) is 6.65. The Bertz CT molecular complexity index is 555. The van der Waals surface area contributed by atoms with Gasteiger partial charge in [0.25, 0.3) is 5.91 Å². The Morgan fingerprint density at radius 1 is 1.17 bits per heavy atom. The summed E-state index contributed by atoms with van der Waals surface area (Å²) in [5, 5.41) is 0. The van der Waals surface area contributed by atoms with Crippen molar-refractivity contribution in [1.29, 1.82) is 0 Å². The summed E-state index contributed by atoms with van der Waals surface area (Å²) < 4.78 is 0. The normalized spacial score (nSPS) is 23.6. The van der Waals surface area contributed by atoms with Gasteiger partial charge in [-0.1, -0.05) is 0 Å². The molecule has 126 valence electrons. The lowest BCUT2D eigenvalue weighted by molar-refractivity contribution is 0.0842. The van der Waals surface area contributed by atoms with Crippen molar-refractivity contribution in [1.82, 2.24) is 19.8 Å². The zero-order valence-corrected chi connectivity index (χ0v) is 14.0. The van der Waals surface area contributed by atoms with E-state index in [9.17, 15) is 4.79 Å². The third kappa shape index (κ3) is 3.45. The van der Waals surface area contributed by atoms with Crippen LogP contribution in [0.5, 0.6) is 0 Å². The SMILES string of the molecule is CC(C)N1CCN(C2CCN(c3nccnc3C(N)=O)C2)CC1. The first kappa shape index (κ1) is 16.1. The highest BCUT2D eigenvalue weighted by atomic mass is 16.1. The summed E-state index contributed by atoms with van der Waals surface area (Å²) in [5.74, 6) is 0.116. The number of nitrogens with two attached hydrogens (primary N) is 1. The minimum Gasteiger partial charge on any atom is -0.364 e. The van der Waals surface area contributed by atoms with Crippen LogP contribution >= 0.6 is 0 Å². The van der Waals surface area contributed by atoms with Crippen molar-refractivity contribution in [3.63, 3.8) is 0 Å². The van der Waals surface area contributed by atoms with Crippen LogP contribution in [0, 0.1) is 0 Å². The fraction of sp³-hybridized carbons (Fsp3) is 0.688. The largest absolute Gasteiger partial charge is 0.364 e.